The van der Waals surface area contributed by atoms with Crippen molar-refractivity contribution in [3.63, 3.8) is 0 Å². The fourth-order valence-electron chi connectivity index (χ4n) is 2.23. The minimum atomic E-state index is 0.0507. The topological polar surface area (TPSA) is 29.5 Å². The van der Waals surface area contributed by atoms with Crippen LogP contribution in [-0.2, 0) is 6.61 Å². The van der Waals surface area contributed by atoms with Crippen molar-refractivity contribution in [1.82, 2.24) is 0 Å². The second kappa shape index (κ2) is 6.80. The van der Waals surface area contributed by atoms with E-state index in [-0.39, 0.29) is 5.76 Å². The van der Waals surface area contributed by atoms with Crippen molar-refractivity contribution in [2.24, 2.45) is 0 Å². The zero-order chi connectivity index (χ0) is 15.2. The monoisotopic (exact) mass is 280 g/mol. The molecule has 2 rings (SSSR count). The number of rotatable bonds is 5. The number of ether oxygens (including phenoxy) is 1. The van der Waals surface area contributed by atoms with Gasteiger partial charge in [-0.15, -0.1) is 0 Å². The van der Waals surface area contributed by atoms with Gasteiger partial charge in [0.15, 0.2) is 0 Å². The molecule has 2 nitrogen and oxygen atoms in total. The Balaban J connectivity index is 2.15. The normalized spacial score (nSPS) is 10.8. The van der Waals surface area contributed by atoms with Gasteiger partial charge in [-0.3, -0.25) is 0 Å². The molecule has 0 bridgehead atoms. The van der Waals surface area contributed by atoms with E-state index in [1.54, 1.807) is 6.08 Å². The van der Waals surface area contributed by atoms with Gasteiger partial charge in [-0.05, 0) is 54.3 Å². The summed E-state index contributed by atoms with van der Waals surface area (Å²) >= 11 is 0. The molecule has 2 heteroatoms. The lowest BCUT2D eigenvalue weighted by Crippen LogP contribution is -1.99. The SMILES string of the molecule is C=C(O)/C=C/c1cc(C)c(OCc2ccccc2)c(C)c1. The molecule has 2 aromatic rings. The van der Waals surface area contributed by atoms with E-state index >= 15 is 0 Å². The van der Waals surface area contributed by atoms with Gasteiger partial charge in [-0.25, -0.2) is 0 Å². The number of hydrogen-bond donors (Lipinski definition) is 1. The number of aliphatic hydroxyl groups excluding tert-OH is 1. The highest BCUT2D eigenvalue weighted by molar-refractivity contribution is 5.57. The summed E-state index contributed by atoms with van der Waals surface area (Å²) in [6.07, 6.45) is 3.42. The van der Waals surface area contributed by atoms with Crippen molar-refractivity contribution in [2.45, 2.75) is 20.5 Å². The number of aryl methyl sites for hydroxylation is 2. The third-order valence-electron chi connectivity index (χ3n) is 3.18. The summed E-state index contributed by atoms with van der Waals surface area (Å²) in [5.74, 6) is 0.966. The summed E-state index contributed by atoms with van der Waals surface area (Å²) in [5.41, 5.74) is 4.33. The zero-order valence-corrected chi connectivity index (χ0v) is 12.5. The van der Waals surface area contributed by atoms with E-state index in [2.05, 4.69) is 18.7 Å². The van der Waals surface area contributed by atoms with Gasteiger partial charge in [-0.1, -0.05) is 43.0 Å². The zero-order valence-electron chi connectivity index (χ0n) is 12.5. The van der Waals surface area contributed by atoms with Crippen molar-refractivity contribution in [3.8, 4) is 5.75 Å². The molecule has 1 N–H and O–H groups in total. The molecule has 0 aliphatic rings. The van der Waals surface area contributed by atoms with Crippen molar-refractivity contribution in [1.29, 1.82) is 0 Å². The molecule has 0 saturated heterocycles. The predicted octanol–water partition coefficient (Wildman–Crippen LogP) is 4.97. The Kier molecular flexibility index (Phi) is 4.83. The van der Waals surface area contributed by atoms with Crippen LogP contribution < -0.4 is 4.74 Å². The van der Waals surface area contributed by atoms with Crippen LogP contribution in [0.4, 0.5) is 0 Å². The first-order valence-electron chi connectivity index (χ1n) is 6.90. The van der Waals surface area contributed by atoms with E-state index in [1.807, 2.05) is 50.3 Å². The molecule has 0 aliphatic heterocycles. The highest BCUT2D eigenvalue weighted by Gasteiger charge is 2.06. The quantitative estimate of drug-likeness (QED) is 0.619. The van der Waals surface area contributed by atoms with Crippen LogP contribution >= 0.6 is 0 Å². The molecule has 0 aliphatic carbocycles. The highest BCUT2D eigenvalue weighted by Crippen LogP contribution is 2.26. The molecule has 0 radical (unpaired) electrons. The van der Waals surface area contributed by atoms with Crippen LogP contribution in [0.25, 0.3) is 6.08 Å². The number of benzene rings is 2. The Labute approximate surface area is 126 Å². The van der Waals surface area contributed by atoms with Gasteiger partial charge in [-0.2, -0.15) is 0 Å². The van der Waals surface area contributed by atoms with Crippen LogP contribution in [-0.4, -0.2) is 5.11 Å². The lowest BCUT2D eigenvalue weighted by atomic mass is 10.1. The molecule has 0 unspecified atom stereocenters. The Morgan fingerprint density at radius 2 is 1.76 bits per heavy atom. The molecule has 0 fully saturated rings. The minimum absolute atomic E-state index is 0.0507. The van der Waals surface area contributed by atoms with Gasteiger partial charge in [0.05, 0.1) is 0 Å². The molecule has 0 amide bonds. The summed E-state index contributed by atoms with van der Waals surface area (Å²) in [6.45, 7) is 8.05. The van der Waals surface area contributed by atoms with Gasteiger partial charge in [0, 0.05) is 0 Å². The molecule has 0 atom stereocenters. The number of allylic oxidation sites excluding steroid dienone is 1. The molecule has 0 spiro atoms. The van der Waals surface area contributed by atoms with Crippen molar-refractivity contribution in [3.05, 3.63) is 83.1 Å². The highest BCUT2D eigenvalue weighted by atomic mass is 16.5. The van der Waals surface area contributed by atoms with Crippen molar-refractivity contribution in [2.75, 3.05) is 0 Å². The lowest BCUT2D eigenvalue weighted by Gasteiger charge is -2.13. The molecule has 0 saturated carbocycles. The van der Waals surface area contributed by atoms with Crippen LogP contribution in [0.2, 0.25) is 0 Å². The summed E-state index contributed by atoms with van der Waals surface area (Å²) in [7, 11) is 0. The fourth-order valence-corrected chi connectivity index (χ4v) is 2.23. The average Bonchev–Trinajstić information content (AvgIpc) is 2.45. The minimum Gasteiger partial charge on any atom is -0.509 e. The first kappa shape index (κ1) is 14.9. The van der Waals surface area contributed by atoms with Crippen molar-refractivity contribution >= 4 is 6.08 Å². The average molecular weight is 280 g/mol. The third kappa shape index (κ3) is 4.25. The van der Waals surface area contributed by atoms with Gasteiger partial charge in [0.1, 0.15) is 18.1 Å². The Morgan fingerprint density at radius 1 is 1.14 bits per heavy atom. The number of aliphatic hydroxyl groups is 1. The Bertz CT molecular complexity index is 632. The van der Waals surface area contributed by atoms with Gasteiger partial charge in [0.2, 0.25) is 0 Å². The van der Waals surface area contributed by atoms with Crippen LogP contribution in [0.15, 0.2) is 60.9 Å². The first-order valence-corrected chi connectivity index (χ1v) is 6.90. The maximum atomic E-state index is 9.11. The summed E-state index contributed by atoms with van der Waals surface area (Å²) < 4.78 is 5.94. The summed E-state index contributed by atoms with van der Waals surface area (Å²) in [6, 6.07) is 14.2. The maximum Gasteiger partial charge on any atom is 0.125 e. The van der Waals surface area contributed by atoms with E-state index in [0.717, 1.165) is 28.0 Å². The van der Waals surface area contributed by atoms with Crippen LogP contribution in [0.1, 0.15) is 22.3 Å². The molecule has 2 aromatic carbocycles. The molecule has 21 heavy (non-hydrogen) atoms. The van der Waals surface area contributed by atoms with E-state index < -0.39 is 0 Å². The van der Waals surface area contributed by atoms with E-state index in [1.165, 1.54) is 0 Å². The second-order valence-electron chi connectivity index (χ2n) is 5.08. The Morgan fingerprint density at radius 3 is 2.33 bits per heavy atom. The lowest BCUT2D eigenvalue weighted by molar-refractivity contribution is 0.302. The largest absolute Gasteiger partial charge is 0.509 e. The van der Waals surface area contributed by atoms with Gasteiger partial charge in [0.25, 0.3) is 0 Å². The first-order chi connectivity index (χ1) is 10.1. The predicted molar refractivity (Wildman–Crippen MR) is 87.5 cm³/mol. The summed E-state index contributed by atoms with van der Waals surface area (Å²) in [5, 5.41) is 9.11. The fraction of sp³-hybridized carbons (Fsp3) is 0.158. The second-order valence-corrected chi connectivity index (χ2v) is 5.08. The molecule has 108 valence electrons. The van der Waals surface area contributed by atoms with Crippen molar-refractivity contribution < 1.29 is 9.84 Å². The third-order valence-corrected chi connectivity index (χ3v) is 3.18. The molecule has 0 heterocycles. The van der Waals surface area contributed by atoms with E-state index in [9.17, 15) is 0 Å². The molecule has 0 aromatic heterocycles. The van der Waals surface area contributed by atoms with Crippen LogP contribution in [0, 0.1) is 13.8 Å². The smallest absolute Gasteiger partial charge is 0.125 e. The Hall–Kier alpha value is -2.48. The number of hydrogen-bond acceptors (Lipinski definition) is 2. The van der Waals surface area contributed by atoms with Crippen LogP contribution in [0.5, 0.6) is 5.75 Å². The molecular weight excluding hydrogens is 260 g/mol. The standard InChI is InChI=1S/C19H20O2/c1-14-11-18(10-9-16(3)20)12-15(2)19(14)21-13-17-7-5-4-6-8-17/h4-12,20H,3,13H2,1-2H3/b10-9+. The maximum absolute atomic E-state index is 9.11. The van der Waals surface area contributed by atoms with E-state index in [4.69, 9.17) is 9.84 Å². The summed E-state index contributed by atoms with van der Waals surface area (Å²) in [4.78, 5) is 0. The molecular formula is C19H20O2. The van der Waals surface area contributed by atoms with E-state index in [0.29, 0.717) is 6.61 Å². The van der Waals surface area contributed by atoms with Crippen LogP contribution in [0.3, 0.4) is 0 Å². The van der Waals surface area contributed by atoms with Gasteiger partial charge >= 0.3 is 0 Å². The van der Waals surface area contributed by atoms with Gasteiger partial charge < -0.3 is 9.84 Å².